The van der Waals surface area contributed by atoms with E-state index >= 15 is 0 Å². The smallest absolute Gasteiger partial charge is 0.309 e. The second-order valence-corrected chi connectivity index (χ2v) is 9.53. The molecule has 0 amide bonds. The molecule has 0 aliphatic rings. The van der Waals surface area contributed by atoms with Crippen molar-refractivity contribution in [3.05, 3.63) is 47.5 Å². The van der Waals surface area contributed by atoms with Gasteiger partial charge in [0.2, 0.25) is 0 Å². The monoisotopic (exact) mass is 548 g/mol. The zero-order chi connectivity index (χ0) is 28.9. The summed E-state index contributed by atoms with van der Waals surface area (Å²) in [6.45, 7) is 1.88. The van der Waals surface area contributed by atoms with Crippen molar-refractivity contribution in [3.63, 3.8) is 0 Å². The number of ether oxygens (including phenoxy) is 2. The Hall–Kier alpha value is -3.83. The van der Waals surface area contributed by atoms with Gasteiger partial charge in [0.1, 0.15) is 5.78 Å². The van der Waals surface area contributed by atoms with E-state index in [1.807, 2.05) is 0 Å². The highest BCUT2D eigenvalue weighted by Gasteiger charge is 2.25. The minimum atomic E-state index is -0.857. The minimum Gasteiger partial charge on any atom is -0.504 e. The van der Waals surface area contributed by atoms with Crippen LogP contribution in [0.3, 0.4) is 0 Å². The summed E-state index contributed by atoms with van der Waals surface area (Å²) in [7, 11) is 2.57. The van der Waals surface area contributed by atoms with Gasteiger partial charge >= 0.3 is 11.9 Å². The molecule has 0 spiro atoms. The highest BCUT2D eigenvalue weighted by atomic mass is 17.2. The molecule has 2 aromatic carbocycles. The summed E-state index contributed by atoms with van der Waals surface area (Å²) < 4.78 is 10.1. The molecule has 0 radical (unpaired) electrons. The number of hydrogen-bond acceptors (Lipinski definition) is 11. The van der Waals surface area contributed by atoms with Crippen molar-refractivity contribution in [3.8, 4) is 23.0 Å². The quantitative estimate of drug-likeness (QED) is 0.105. The molecule has 2 aromatic rings. The summed E-state index contributed by atoms with van der Waals surface area (Å²) in [5.41, 5.74) is 1.24. The molecule has 2 rings (SSSR count). The molecule has 0 fully saturated rings. The maximum atomic E-state index is 12.7. The molecule has 0 heterocycles. The van der Waals surface area contributed by atoms with Gasteiger partial charge in [-0.3, -0.25) is 14.4 Å². The minimum absolute atomic E-state index is 0.0243. The molecule has 11 nitrogen and oxygen atoms in total. The molecule has 0 aliphatic heterocycles. The standard InChI is InChI=1S/C28H36O11/c1-17(8-22(29)11-20(16-39-37-3)9-18-4-6-23(30)25(32)12-18)15-38-27(34)14-21(28(35)36-2)10-19-5-7-24(31)26(33)13-19/h4-7,12-13,17,20-21,30-33H,8-11,14-16H2,1-3H3. The number of methoxy groups -OCH3 is 1. The Morgan fingerprint density at radius 3 is 1.90 bits per heavy atom. The van der Waals surface area contributed by atoms with Crippen LogP contribution in [0.1, 0.15) is 37.3 Å². The van der Waals surface area contributed by atoms with Crippen LogP contribution in [0, 0.1) is 17.8 Å². The van der Waals surface area contributed by atoms with Crippen molar-refractivity contribution in [2.75, 3.05) is 27.4 Å². The molecular weight excluding hydrogens is 512 g/mol. The van der Waals surface area contributed by atoms with Crippen molar-refractivity contribution in [2.24, 2.45) is 17.8 Å². The molecular formula is C28H36O11. The van der Waals surface area contributed by atoms with E-state index in [2.05, 4.69) is 4.89 Å². The van der Waals surface area contributed by atoms with Crippen LogP contribution >= 0.6 is 0 Å². The number of carbonyl (C=O) groups is 3. The molecule has 3 unspecified atom stereocenters. The second kappa shape index (κ2) is 15.6. The average Bonchev–Trinajstić information content (AvgIpc) is 2.89. The first-order valence-corrected chi connectivity index (χ1v) is 12.4. The van der Waals surface area contributed by atoms with E-state index in [1.165, 1.54) is 44.6 Å². The third-order valence-electron chi connectivity index (χ3n) is 6.08. The molecule has 214 valence electrons. The largest absolute Gasteiger partial charge is 0.504 e. The first-order chi connectivity index (χ1) is 18.5. The fourth-order valence-electron chi connectivity index (χ4n) is 4.12. The molecule has 0 bridgehead atoms. The van der Waals surface area contributed by atoms with Crippen molar-refractivity contribution in [1.29, 1.82) is 0 Å². The Morgan fingerprint density at radius 2 is 1.36 bits per heavy atom. The Bertz CT molecular complexity index is 1110. The van der Waals surface area contributed by atoms with Crippen LogP contribution in [-0.2, 0) is 46.5 Å². The number of hydrogen-bond donors (Lipinski definition) is 4. The van der Waals surface area contributed by atoms with Gasteiger partial charge in [-0.15, -0.1) is 0 Å². The van der Waals surface area contributed by atoms with Crippen molar-refractivity contribution in [2.45, 2.75) is 39.0 Å². The van der Waals surface area contributed by atoms with E-state index in [1.54, 1.807) is 13.0 Å². The van der Waals surface area contributed by atoms with E-state index in [9.17, 15) is 34.8 Å². The van der Waals surface area contributed by atoms with Gasteiger partial charge in [-0.05, 0) is 60.1 Å². The average molecular weight is 549 g/mol. The van der Waals surface area contributed by atoms with E-state index < -0.39 is 17.9 Å². The van der Waals surface area contributed by atoms with Gasteiger partial charge in [0, 0.05) is 12.8 Å². The van der Waals surface area contributed by atoms with Crippen LogP contribution in [-0.4, -0.2) is 65.6 Å². The van der Waals surface area contributed by atoms with E-state index in [0.29, 0.717) is 17.5 Å². The van der Waals surface area contributed by atoms with E-state index in [-0.39, 0.29) is 79.5 Å². The fraction of sp³-hybridized carbons (Fsp3) is 0.464. The lowest BCUT2D eigenvalue weighted by Gasteiger charge is -2.18. The molecule has 4 N–H and O–H groups in total. The van der Waals surface area contributed by atoms with E-state index in [0.717, 1.165) is 0 Å². The SMILES string of the molecule is COOCC(CC(=O)CC(C)COC(=O)CC(Cc1ccc(O)c(O)c1)C(=O)OC)Cc1ccc(O)c(O)c1. The highest BCUT2D eigenvalue weighted by molar-refractivity contribution is 5.80. The zero-order valence-electron chi connectivity index (χ0n) is 22.3. The van der Waals surface area contributed by atoms with Crippen molar-refractivity contribution >= 4 is 17.7 Å². The number of phenolic OH excluding ortho intramolecular Hbond substituents is 4. The lowest BCUT2D eigenvalue weighted by atomic mass is 9.92. The number of ketones is 1. The predicted molar refractivity (Wildman–Crippen MR) is 138 cm³/mol. The normalized spacial score (nSPS) is 13.3. The fourth-order valence-corrected chi connectivity index (χ4v) is 4.12. The van der Waals surface area contributed by atoms with Gasteiger partial charge in [-0.1, -0.05) is 19.1 Å². The van der Waals surface area contributed by atoms with Crippen LogP contribution in [0.4, 0.5) is 0 Å². The summed E-state index contributed by atoms with van der Waals surface area (Å²) in [5, 5.41) is 38.4. The van der Waals surface area contributed by atoms with Gasteiger partial charge in [0.05, 0.1) is 39.8 Å². The molecule has 0 saturated heterocycles. The summed E-state index contributed by atoms with van der Waals surface area (Å²) in [4.78, 5) is 47.1. The maximum absolute atomic E-state index is 12.7. The number of Topliss-reactive ketones (excluding diaryl/α,β-unsaturated/α-hetero) is 1. The second-order valence-electron chi connectivity index (χ2n) is 9.53. The first kappa shape index (κ1) is 31.4. The van der Waals surface area contributed by atoms with Gasteiger partial charge < -0.3 is 29.9 Å². The molecule has 0 aliphatic carbocycles. The maximum Gasteiger partial charge on any atom is 0.309 e. The van der Waals surface area contributed by atoms with Crippen LogP contribution in [0.2, 0.25) is 0 Å². The van der Waals surface area contributed by atoms with Gasteiger partial charge in [0.25, 0.3) is 0 Å². The third kappa shape index (κ3) is 10.8. The molecule has 0 saturated carbocycles. The highest BCUT2D eigenvalue weighted by Crippen LogP contribution is 2.28. The van der Waals surface area contributed by atoms with Gasteiger partial charge in [-0.25, -0.2) is 9.78 Å². The number of carbonyl (C=O) groups excluding carboxylic acids is 3. The van der Waals surface area contributed by atoms with Crippen LogP contribution in [0.5, 0.6) is 23.0 Å². The van der Waals surface area contributed by atoms with Crippen LogP contribution in [0.15, 0.2) is 36.4 Å². The van der Waals surface area contributed by atoms with Gasteiger partial charge in [-0.2, -0.15) is 0 Å². The summed E-state index contributed by atoms with van der Waals surface area (Å²) in [6, 6.07) is 8.56. The lowest BCUT2D eigenvalue weighted by Crippen LogP contribution is -2.24. The number of rotatable bonds is 16. The zero-order valence-corrected chi connectivity index (χ0v) is 22.3. The Labute approximate surface area is 226 Å². The summed E-state index contributed by atoms with van der Waals surface area (Å²) in [5.74, 6) is -3.85. The van der Waals surface area contributed by atoms with Crippen molar-refractivity contribution < 1.29 is 54.1 Å². The number of aromatic hydroxyl groups is 4. The Kier molecular flexibility index (Phi) is 12.5. The van der Waals surface area contributed by atoms with Crippen molar-refractivity contribution in [1.82, 2.24) is 0 Å². The molecule has 3 atom stereocenters. The summed E-state index contributed by atoms with van der Waals surface area (Å²) >= 11 is 0. The number of phenols is 4. The lowest BCUT2D eigenvalue weighted by molar-refractivity contribution is -0.279. The summed E-state index contributed by atoms with van der Waals surface area (Å²) in [6.07, 6.45) is 0.538. The molecule has 39 heavy (non-hydrogen) atoms. The number of esters is 2. The topological polar surface area (TPSA) is 169 Å². The van der Waals surface area contributed by atoms with Gasteiger partial charge in [0.15, 0.2) is 23.0 Å². The number of benzene rings is 2. The van der Waals surface area contributed by atoms with Crippen LogP contribution in [0.25, 0.3) is 0 Å². The Morgan fingerprint density at radius 1 is 0.769 bits per heavy atom. The predicted octanol–water partition coefficient (Wildman–Crippen LogP) is 3.20. The first-order valence-electron chi connectivity index (χ1n) is 12.4. The Balaban J connectivity index is 1.87. The molecule has 0 aromatic heterocycles. The third-order valence-corrected chi connectivity index (χ3v) is 6.08. The van der Waals surface area contributed by atoms with E-state index in [4.69, 9.17) is 14.4 Å². The molecule has 11 heteroatoms. The van der Waals surface area contributed by atoms with Crippen LogP contribution < -0.4 is 0 Å².